The van der Waals surface area contributed by atoms with E-state index in [1.165, 1.54) is 11.1 Å². The van der Waals surface area contributed by atoms with E-state index in [4.69, 9.17) is 9.84 Å². The number of aliphatic hydroxyl groups is 2. The van der Waals surface area contributed by atoms with E-state index < -0.39 is 6.10 Å². The van der Waals surface area contributed by atoms with Crippen molar-refractivity contribution in [3.8, 4) is 0 Å². The van der Waals surface area contributed by atoms with Gasteiger partial charge in [0.05, 0.1) is 25.4 Å². The van der Waals surface area contributed by atoms with Crippen molar-refractivity contribution in [3.63, 3.8) is 0 Å². The number of hydrogen-bond acceptors (Lipinski definition) is 4. The largest absolute Gasteiger partial charge is 0.394 e. The van der Waals surface area contributed by atoms with Crippen molar-refractivity contribution in [3.05, 3.63) is 35.4 Å². The van der Waals surface area contributed by atoms with E-state index in [0.717, 1.165) is 13.1 Å². The SMILES string of the molecule is Cc1cccc(C2CN(CC(O)CO)CCO2)c1. The second-order valence-electron chi connectivity index (χ2n) is 4.87. The molecular formula is C14H21NO3. The van der Waals surface area contributed by atoms with Crippen molar-refractivity contribution in [1.82, 2.24) is 4.90 Å². The van der Waals surface area contributed by atoms with E-state index in [-0.39, 0.29) is 12.7 Å². The molecule has 0 aromatic heterocycles. The lowest BCUT2D eigenvalue weighted by atomic mass is 10.1. The summed E-state index contributed by atoms with van der Waals surface area (Å²) in [5, 5.41) is 18.4. The Bertz CT molecular complexity index is 383. The number of aryl methyl sites for hydroxylation is 1. The highest BCUT2D eigenvalue weighted by atomic mass is 16.5. The van der Waals surface area contributed by atoms with Gasteiger partial charge in [-0.3, -0.25) is 4.90 Å². The lowest BCUT2D eigenvalue weighted by molar-refractivity contribution is -0.0471. The zero-order chi connectivity index (χ0) is 13.0. The first-order chi connectivity index (χ1) is 8.69. The lowest BCUT2D eigenvalue weighted by Gasteiger charge is -2.34. The number of morpholine rings is 1. The van der Waals surface area contributed by atoms with Crippen LogP contribution in [-0.2, 0) is 4.74 Å². The quantitative estimate of drug-likeness (QED) is 0.828. The van der Waals surface area contributed by atoms with Gasteiger partial charge in [0, 0.05) is 19.6 Å². The molecule has 1 aliphatic rings. The van der Waals surface area contributed by atoms with E-state index in [0.29, 0.717) is 13.2 Å². The first kappa shape index (κ1) is 13.5. The highest BCUT2D eigenvalue weighted by molar-refractivity contribution is 5.24. The molecule has 0 aliphatic carbocycles. The lowest BCUT2D eigenvalue weighted by Crippen LogP contribution is -2.43. The minimum atomic E-state index is -0.666. The summed E-state index contributed by atoms with van der Waals surface area (Å²) < 4.78 is 5.78. The Balaban J connectivity index is 1.98. The highest BCUT2D eigenvalue weighted by Gasteiger charge is 2.23. The molecule has 18 heavy (non-hydrogen) atoms. The van der Waals surface area contributed by atoms with Crippen molar-refractivity contribution in [2.24, 2.45) is 0 Å². The van der Waals surface area contributed by atoms with Gasteiger partial charge < -0.3 is 14.9 Å². The third-order valence-corrected chi connectivity index (χ3v) is 3.24. The number of hydrogen-bond donors (Lipinski definition) is 2. The van der Waals surface area contributed by atoms with Crippen LogP contribution in [0.2, 0.25) is 0 Å². The number of β-amino-alcohol motifs (C(OH)–C–C–N with tert-alkyl or cyclic N) is 1. The first-order valence-electron chi connectivity index (χ1n) is 6.38. The average Bonchev–Trinajstić information content (AvgIpc) is 2.39. The summed E-state index contributed by atoms with van der Waals surface area (Å²) in [5.74, 6) is 0. The number of benzene rings is 1. The molecule has 4 heteroatoms. The van der Waals surface area contributed by atoms with E-state index in [1.807, 2.05) is 6.07 Å². The standard InChI is InChI=1S/C14H21NO3/c1-11-3-2-4-12(7-11)14-9-15(5-6-18-14)8-13(17)10-16/h2-4,7,13-14,16-17H,5-6,8-10H2,1H3. The van der Waals surface area contributed by atoms with E-state index in [9.17, 15) is 5.11 Å². The van der Waals surface area contributed by atoms with Crippen LogP contribution in [0, 0.1) is 6.92 Å². The van der Waals surface area contributed by atoms with Gasteiger partial charge >= 0.3 is 0 Å². The maximum absolute atomic E-state index is 9.48. The fraction of sp³-hybridized carbons (Fsp3) is 0.571. The molecule has 2 atom stereocenters. The molecule has 1 aliphatic heterocycles. The number of aliphatic hydroxyl groups excluding tert-OH is 2. The molecule has 0 amide bonds. The smallest absolute Gasteiger partial charge is 0.0952 e. The Morgan fingerprint density at radius 1 is 1.50 bits per heavy atom. The van der Waals surface area contributed by atoms with Gasteiger partial charge in [0.25, 0.3) is 0 Å². The topological polar surface area (TPSA) is 52.9 Å². The fourth-order valence-electron chi connectivity index (χ4n) is 2.30. The van der Waals surface area contributed by atoms with Gasteiger partial charge in [0.2, 0.25) is 0 Å². The van der Waals surface area contributed by atoms with Crippen LogP contribution in [0.5, 0.6) is 0 Å². The van der Waals surface area contributed by atoms with E-state index >= 15 is 0 Å². The van der Waals surface area contributed by atoms with Crippen LogP contribution in [0.3, 0.4) is 0 Å². The summed E-state index contributed by atoms with van der Waals surface area (Å²) in [6.45, 7) is 4.62. The Hall–Kier alpha value is -0.940. The first-order valence-corrected chi connectivity index (χ1v) is 6.38. The van der Waals surface area contributed by atoms with Crippen LogP contribution in [-0.4, -0.2) is 54.1 Å². The third-order valence-electron chi connectivity index (χ3n) is 3.24. The molecule has 0 spiro atoms. The van der Waals surface area contributed by atoms with Crippen molar-refractivity contribution >= 4 is 0 Å². The predicted octanol–water partition coefficient (Wildman–Crippen LogP) is 0.722. The van der Waals surface area contributed by atoms with Crippen molar-refractivity contribution in [2.45, 2.75) is 19.1 Å². The van der Waals surface area contributed by atoms with Crippen molar-refractivity contribution in [2.75, 3.05) is 32.8 Å². The number of nitrogens with zero attached hydrogens (tertiary/aromatic N) is 1. The van der Waals surface area contributed by atoms with Gasteiger partial charge in [-0.1, -0.05) is 29.8 Å². The molecule has 0 radical (unpaired) electrons. The van der Waals surface area contributed by atoms with Crippen molar-refractivity contribution in [1.29, 1.82) is 0 Å². The molecule has 1 aromatic rings. The Morgan fingerprint density at radius 3 is 3.06 bits per heavy atom. The minimum absolute atomic E-state index is 0.0598. The zero-order valence-corrected chi connectivity index (χ0v) is 10.7. The number of rotatable bonds is 4. The number of ether oxygens (including phenoxy) is 1. The van der Waals surface area contributed by atoms with Crippen LogP contribution in [0.25, 0.3) is 0 Å². The summed E-state index contributed by atoms with van der Waals surface area (Å²) in [4.78, 5) is 2.14. The fourth-order valence-corrected chi connectivity index (χ4v) is 2.30. The van der Waals surface area contributed by atoms with Gasteiger partial charge in [0.1, 0.15) is 0 Å². The van der Waals surface area contributed by atoms with Gasteiger partial charge in [-0.15, -0.1) is 0 Å². The molecule has 2 unspecified atom stereocenters. The van der Waals surface area contributed by atoms with Gasteiger partial charge in [-0.05, 0) is 12.5 Å². The second kappa shape index (κ2) is 6.29. The van der Waals surface area contributed by atoms with E-state index in [1.54, 1.807) is 0 Å². The highest BCUT2D eigenvalue weighted by Crippen LogP contribution is 2.22. The van der Waals surface area contributed by atoms with Crippen LogP contribution >= 0.6 is 0 Å². The molecule has 2 rings (SSSR count). The zero-order valence-electron chi connectivity index (χ0n) is 10.7. The Kier molecular flexibility index (Phi) is 4.72. The van der Waals surface area contributed by atoms with Crippen LogP contribution < -0.4 is 0 Å². The monoisotopic (exact) mass is 251 g/mol. The van der Waals surface area contributed by atoms with Crippen LogP contribution in [0.1, 0.15) is 17.2 Å². The molecule has 100 valence electrons. The molecule has 1 heterocycles. The summed E-state index contributed by atoms with van der Waals surface area (Å²) in [7, 11) is 0. The molecule has 2 N–H and O–H groups in total. The summed E-state index contributed by atoms with van der Waals surface area (Å²) in [6.07, 6.45) is -0.606. The molecule has 0 saturated carbocycles. The third kappa shape index (κ3) is 3.53. The van der Waals surface area contributed by atoms with Crippen LogP contribution in [0.4, 0.5) is 0 Å². The summed E-state index contributed by atoms with van der Waals surface area (Å²) >= 11 is 0. The van der Waals surface area contributed by atoms with Gasteiger partial charge in [-0.25, -0.2) is 0 Å². The van der Waals surface area contributed by atoms with E-state index in [2.05, 4.69) is 30.0 Å². The minimum Gasteiger partial charge on any atom is -0.394 e. The van der Waals surface area contributed by atoms with Gasteiger partial charge in [0.15, 0.2) is 0 Å². The summed E-state index contributed by atoms with van der Waals surface area (Å²) in [5.41, 5.74) is 2.40. The molecule has 1 saturated heterocycles. The molecule has 1 aromatic carbocycles. The second-order valence-corrected chi connectivity index (χ2v) is 4.87. The normalized spacial score (nSPS) is 22.9. The maximum atomic E-state index is 9.48. The van der Waals surface area contributed by atoms with Crippen molar-refractivity contribution < 1.29 is 14.9 Å². The summed E-state index contributed by atoms with van der Waals surface area (Å²) in [6, 6.07) is 8.31. The molecular weight excluding hydrogens is 230 g/mol. The van der Waals surface area contributed by atoms with Gasteiger partial charge in [-0.2, -0.15) is 0 Å². The Morgan fingerprint density at radius 2 is 2.33 bits per heavy atom. The Labute approximate surface area is 108 Å². The molecule has 0 bridgehead atoms. The predicted molar refractivity (Wildman–Crippen MR) is 69.4 cm³/mol. The maximum Gasteiger partial charge on any atom is 0.0952 e. The van der Waals surface area contributed by atoms with Crippen LogP contribution in [0.15, 0.2) is 24.3 Å². The average molecular weight is 251 g/mol. The molecule has 4 nitrogen and oxygen atoms in total. The molecule has 1 fully saturated rings.